The Morgan fingerprint density at radius 1 is 1.26 bits per heavy atom. The van der Waals surface area contributed by atoms with E-state index in [4.69, 9.17) is 5.26 Å². The van der Waals surface area contributed by atoms with Crippen molar-refractivity contribution in [1.82, 2.24) is 0 Å². The second-order valence-corrected chi connectivity index (χ2v) is 5.26. The molecule has 10 heteroatoms. The van der Waals surface area contributed by atoms with E-state index in [9.17, 15) is 31.1 Å². The maximum Gasteiger partial charge on any atom is 0.446 e. The van der Waals surface area contributed by atoms with E-state index in [1.807, 2.05) is 0 Å². The van der Waals surface area contributed by atoms with Gasteiger partial charge in [0.2, 0.25) is 0 Å². The fourth-order valence-electron chi connectivity index (χ4n) is 1.70. The van der Waals surface area contributed by atoms with Crippen molar-refractivity contribution in [2.24, 2.45) is 0 Å². The third-order valence-electron chi connectivity index (χ3n) is 2.46. The Bertz CT molecular complexity index is 633. The van der Waals surface area contributed by atoms with Crippen LogP contribution in [0.1, 0.15) is 23.6 Å². The number of nitrogens with zero attached hydrogens (tertiary/aromatic N) is 1. The van der Waals surface area contributed by atoms with E-state index < -0.39 is 51.9 Å². The summed E-state index contributed by atoms with van der Waals surface area (Å²) in [6, 6.07) is 2.36. The minimum absolute atomic E-state index is 0.0224. The van der Waals surface area contributed by atoms with Crippen molar-refractivity contribution in [2.75, 3.05) is 6.61 Å². The average molecular weight is 357 g/mol. The Kier molecular flexibility index (Phi) is 5.93. The van der Waals surface area contributed by atoms with Gasteiger partial charge in [-0.25, -0.2) is 0 Å². The molecule has 0 aliphatic rings. The van der Waals surface area contributed by atoms with Gasteiger partial charge in [-0.15, -0.1) is 0 Å². The lowest BCUT2D eigenvalue weighted by atomic mass is 10.0. The number of carbonyl (C=O) groups excluding carboxylic acids is 1. The largest absolute Gasteiger partial charge is 0.466 e. The smallest absolute Gasteiger partial charge is 0.446 e. The highest BCUT2D eigenvalue weighted by Crippen LogP contribution is 2.43. The van der Waals surface area contributed by atoms with Crippen molar-refractivity contribution < 1.29 is 35.9 Å². The van der Waals surface area contributed by atoms with Gasteiger partial charge in [-0.2, -0.15) is 31.6 Å². The maximum absolute atomic E-state index is 13.0. The molecule has 0 heterocycles. The summed E-state index contributed by atoms with van der Waals surface area (Å²) in [6.45, 7) is 1.45. The van der Waals surface area contributed by atoms with Crippen LogP contribution in [0.5, 0.6) is 0 Å². The van der Waals surface area contributed by atoms with E-state index >= 15 is 0 Å². The summed E-state index contributed by atoms with van der Waals surface area (Å²) in [5, 5.41) is 8.79. The van der Waals surface area contributed by atoms with E-state index in [1.54, 1.807) is 0 Å². The number of alkyl halides is 6. The van der Waals surface area contributed by atoms with E-state index in [0.29, 0.717) is 6.07 Å². The van der Waals surface area contributed by atoms with Gasteiger partial charge in [-0.1, -0.05) is 0 Å². The number of rotatable bonds is 4. The highest BCUT2D eigenvalue weighted by Gasteiger charge is 2.38. The molecule has 0 unspecified atom stereocenters. The van der Waals surface area contributed by atoms with E-state index in [2.05, 4.69) is 4.74 Å². The lowest BCUT2D eigenvalue weighted by Crippen LogP contribution is -2.13. The van der Waals surface area contributed by atoms with Crippen molar-refractivity contribution in [3.63, 3.8) is 0 Å². The number of hydrogen-bond acceptors (Lipinski definition) is 4. The predicted molar refractivity (Wildman–Crippen MR) is 68.4 cm³/mol. The highest BCUT2D eigenvalue weighted by atomic mass is 32.2. The normalized spacial score (nSPS) is 11.9. The second kappa shape index (κ2) is 7.12. The molecule has 0 aliphatic heterocycles. The molecule has 0 fully saturated rings. The molecule has 0 saturated heterocycles. The lowest BCUT2D eigenvalue weighted by molar-refractivity contribution is -0.142. The summed E-state index contributed by atoms with van der Waals surface area (Å²) in [5.74, 6) is -0.881. The summed E-state index contributed by atoms with van der Waals surface area (Å²) < 4.78 is 80.9. The molecule has 0 amide bonds. The van der Waals surface area contributed by atoms with Crippen LogP contribution in [-0.4, -0.2) is 18.1 Å². The average Bonchev–Trinajstić information content (AvgIpc) is 2.35. The second-order valence-electron chi connectivity index (χ2n) is 4.16. The molecule has 1 rings (SSSR count). The minimum atomic E-state index is -5.03. The van der Waals surface area contributed by atoms with Gasteiger partial charge in [0.05, 0.1) is 24.2 Å². The number of nitriles is 1. The summed E-state index contributed by atoms with van der Waals surface area (Å²) in [4.78, 5) is 10.4. The van der Waals surface area contributed by atoms with Gasteiger partial charge >= 0.3 is 17.7 Å². The first-order valence-corrected chi connectivity index (χ1v) is 6.85. The van der Waals surface area contributed by atoms with Crippen LogP contribution in [0.25, 0.3) is 0 Å². The van der Waals surface area contributed by atoms with Crippen LogP contribution in [-0.2, 0) is 22.1 Å². The fraction of sp³-hybridized carbons (Fsp3) is 0.385. The summed E-state index contributed by atoms with van der Waals surface area (Å²) in [5.41, 5.74) is -7.85. The zero-order valence-electron chi connectivity index (χ0n) is 11.5. The van der Waals surface area contributed by atoms with Gasteiger partial charge in [0, 0.05) is 4.90 Å². The lowest BCUT2D eigenvalue weighted by Gasteiger charge is -2.15. The maximum atomic E-state index is 13.0. The van der Waals surface area contributed by atoms with Gasteiger partial charge in [-0.3, -0.25) is 4.79 Å². The molecule has 3 nitrogen and oxygen atoms in total. The SMILES string of the molecule is CCOC(=O)Cc1cc(SC(F)(F)F)c(C#N)c(C(F)(F)F)c1. The quantitative estimate of drug-likeness (QED) is 0.458. The van der Waals surface area contributed by atoms with E-state index in [1.165, 1.54) is 6.92 Å². The molecular weight excluding hydrogens is 348 g/mol. The molecule has 0 N–H and O–H groups in total. The van der Waals surface area contributed by atoms with E-state index in [-0.39, 0.29) is 12.2 Å². The first-order valence-electron chi connectivity index (χ1n) is 6.03. The van der Waals surface area contributed by atoms with Gasteiger partial charge in [0.25, 0.3) is 0 Å². The van der Waals surface area contributed by atoms with Crippen molar-refractivity contribution in [3.8, 4) is 6.07 Å². The van der Waals surface area contributed by atoms with Gasteiger partial charge < -0.3 is 4.74 Å². The van der Waals surface area contributed by atoms with Crippen molar-refractivity contribution >= 4 is 17.7 Å². The molecule has 0 aliphatic carbocycles. The van der Waals surface area contributed by atoms with Crippen LogP contribution in [0.2, 0.25) is 0 Å². The molecule has 1 aromatic rings. The number of carbonyl (C=O) groups is 1. The van der Waals surface area contributed by atoms with Gasteiger partial charge in [-0.05, 0) is 36.4 Å². The molecule has 23 heavy (non-hydrogen) atoms. The van der Waals surface area contributed by atoms with Crippen molar-refractivity contribution in [2.45, 2.75) is 29.9 Å². The highest BCUT2D eigenvalue weighted by molar-refractivity contribution is 8.00. The van der Waals surface area contributed by atoms with Crippen LogP contribution >= 0.6 is 11.8 Å². The molecule has 0 saturated carbocycles. The van der Waals surface area contributed by atoms with Crippen LogP contribution in [0.15, 0.2) is 17.0 Å². The standard InChI is InChI=1S/C13H9F6NO2S/c1-2-22-11(21)5-7-3-9(12(14,15)16)8(6-20)10(4-7)23-13(17,18)19/h3-4H,2,5H2,1H3. The van der Waals surface area contributed by atoms with Gasteiger partial charge in [0.1, 0.15) is 6.07 Å². The van der Waals surface area contributed by atoms with Gasteiger partial charge in [0.15, 0.2) is 0 Å². The Labute approximate surface area is 131 Å². The Balaban J connectivity index is 3.42. The number of esters is 1. The Hall–Kier alpha value is -1.89. The molecule has 0 aromatic heterocycles. The summed E-state index contributed by atoms with van der Waals surface area (Å²) in [6.07, 6.45) is -5.66. The Morgan fingerprint density at radius 3 is 2.30 bits per heavy atom. The first-order chi connectivity index (χ1) is 10.5. The number of halogens is 6. The monoisotopic (exact) mass is 357 g/mol. The Morgan fingerprint density at radius 2 is 1.87 bits per heavy atom. The summed E-state index contributed by atoms with van der Waals surface area (Å²) in [7, 11) is 0. The molecule has 0 bridgehead atoms. The molecule has 126 valence electrons. The number of thioether (sulfide) groups is 1. The fourth-order valence-corrected chi connectivity index (χ4v) is 2.41. The first kappa shape index (κ1) is 19.2. The molecule has 0 radical (unpaired) electrons. The zero-order valence-corrected chi connectivity index (χ0v) is 12.3. The van der Waals surface area contributed by atoms with Crippen LogP contribution in [0.4, 0.5) is 26.3 Å². The van der Waals surface area contributed by atoms with Crippen LogP contribution in [0.3, 0.4) is 0 Å². The molecule has 0 spiro atoms. The third-order valence-corrected chi connectivity index (χ3v) is 3.23. The topological polar surface area (TPSA) is 50.1 Å². The van der Waals surface area contributed by atoms with Crippen LogP contribution < -0.4 is 0 Å². The number of benzene rings is 1. The van der Waals surface area contributed by atoms with E-state index in [0.717, 1.165) is 12.1 Å². The zero-order chi connectivity index (χ0) is 17.8. The molecular formula is C13H9F6NO2S. The number of hydrogen-bond donors (Lipinski definition) is 0. The molecule has 1 aromatic carbocycles. The number of ether oxygens (including phenoxy) is 1. The third kappa shape index (κ3) is 5.67. The van der Waals surface area contributed by atoms with Crippen LogP contribution in [0, 0.1) is 11.3 Å². The summed E-state index contributed by atoms with van der Waals surface area (Å²) >= 11 is -0.838. The van der Waals surface area contributed by atoms with Crippen molar-refractivity contribution in [1.29, 1.82) is 5.26 Å². The predicted octanol–water partition coefficient (Wildman–Crippen LogP) is 4.29. The molecule has 0 atom stereocenters. The van der Waals surface area contributed by atoms with Crippen molar-refractivity contribution in [3.05, 3.63) is 28.8 Å². The minimum Gasteiger partial charge on any atom is -0.466 e.